The van der Waals surface area contributed by atoms with Gasteiger partial charge in [-0.1, -0.05) is 49.0 Å². The SMILES string of the molecule is CC1CCc2c(sc3nc(SCN4C(=O)c5ccccc5C4=O)n(-c4ccccc4)c(=O)c23)C1. The molecule has 1 aliphatic carbocycles. The van der Waals surface area contributed by atoms with Crippen LogP contribution in [0.3, 0.4) is 0 Å². The first-order valence-electron chi connectivity index (χ1n) is 11.2. The number of amides is 2. The predicted octanol–water partition coefficient (Wildman–Crippen LogP) is 4.92. The van der Waals surface area contributed by atoms with Crippen LogP contribution in [0.15, 0.2) is 64.5 Å². The van der Waals surface area contributed by atoms with Gasteiger partial charge >= 0.3 is 0 Å². The van der Waals surface area contributed by atoms with E-state index < -0.39 is 0 Å². The average molecular weight is 488 g/mol. The third-order valence-corrected chi connectivity index (χ3v) is 8.58. The lowest BCUT2D eigenvalue weighted by molar-refractivity contribution is 0.0684. The lowest BCUT2D eigenvalue weighted by Crippen LogP contribution is -2.30. The molecule has 0 spiro atoms. The maximum atomic E-state index is 13.8. The van der Waals surface area contributed by atoms with Gasteiger partial charge in [-0.05, 0) is 55.0 Å². The van der Waals surface area contributed by atoms with Crippen LogP contribution in [0.1, 0.15) is 44.5 Å². The topological polar surface area (TPSA) is 72.3 Å². The van der Waals surface area contributed by atoms with Crippen molar-refractivity contribution in [2.75, 3.05) is 5.88 Å². The molecule has 0 saturated heterocycles. The number of thioether (sulfide) groups is 1. The average Bonchev–Trinajstić information content (AvgIpc) is 3.33. The monoisotopic (exact) mass is 487 g/mol. The standard InChI is InChI=1S/C26H21N3O3S2/c1-15-11-12-19-20(13-15)34-22-21(19)25(32)29(16-7-3-2-4-8-16)26(27-22)33-14-28-23(30)17-9-5-6-10-18(17)24(28)31/h2-10,15H,11-14H2,1H3. The smallest absolute Gasteiger partial charge is 0.267 e. The molecule has 1 aliphatic heterocycles. The van der Waals surface area contributed by atoms with E-state index in [2.05, 4.69) is 6.92 Å². The summed E-state index contributed by atoms with van der Waals surface area (Å²) in [5.41, 5.74) is 2.59. The molecule has 8 heteroatoms. The minimum atomic E-state index is -0.316. The van der Waals surface area contributed by atoms with Gasteiger partial charge in [0.05, 0.1) is 28.1 Å². The van der Waals surface area contributed by atoms with Gasteiger partial charge in [-0.15, -0.1) is 11.3 Å². The summed E-state index contributed by atoms with van der Waals surface area (Å²) in [6.45, 7) is 2.24. The summed E-state index contributed by atoms with van der Waals surface area (Å²) in [5.74, 6) is 0.0468. The Hall–Kier alpha value is -3.23. The molecular formula is C26H21N3O3S2. The van der Waals surface area contributed by atoms with Crippen molar-refractivity contribution in [3.8, 4) is 5.69 Å². The molecule has 6 rings (SSSR count). The Bertz CT molecular complexity index is 1490. The third-order valence-electron chi connectivity index (χ3n) is 6.51. The fraction of sp³-hybridized carbons (Fsp3) is 0.231. The maximum Gasteiger partial charge on any atom is 0.267 e. The van der Waals surface area contributed by atoms with Gasteiger partial charge in [-0.2, -0.15) is 0 Å². The molecule has 1 atom stereocenters. The molecule has 34 heavy (non-hydrogen) atoms. The van der Waals surface area contributed by atoms with Crippen LogP contribution in [-0.4, -0.2) is 32.1 Å². The van der Waals surface area contributed by atoms with Crippen molar-refractivity contribution in [2.24, 2.45) is 5.92 Å². The van der Waals surface area contributed by atoms with Crippen LogP contribution in [-0.2, 0) is 12.8 Å². The van der Waals surface area contributed by atoms with E-state index in [1.807, 2.05) is 30.3 Å². The highest BCUT2D eigenvalue weighted by Gasteiger charge is 2.35. The summed E-state index contributed by atoms with van der Waals surface area (Å²) in [7, 11) is 0. The summed E-state index contributed by atoms with van der Waals surface area (Å²) >= 11 is 2.83. The number of imide groups is 1. The Morgan fingerprint density at radius 1 is 1.00 bits per heavy atom. The first kappa shape index (κ1) is 21.3. The van der Waals surface area contributed by atoms with Gasteiger partial charge in [0, 0.05) is 4.88 Å². The highest BCUT2D eigenvalue weighted by Crippen LogP contribution is 2.37. The minimum absolute atomic E-state index is 0.0826. The van der Waals surface area contributed by atoms with Gasteiger partial charge in [-0.25, -0.2) is 4.98 Å². The van der Waals surface area contributed by atoms with Gasteiger partial charge < -0.3 is 0 Å². The first-order valence-corrected chi connectivity index (χ1v) is 13.0. The lowest BCUT2D eigenvalue weighted by Gasteiger charge is -2.18. The van der Waals surface area contributed by atoms with Gasteiger partial charge in [0.2, 0.25) is 0 Å². The molecule has 1 unspecified atom stereocenters. The van der Waals surface area contributed by atoms with Crippen LogP contribution in [0.4, 0.5) is 0 Å². The number of aromatic nitrogens is 2. The molecule has 2 aromatic heterocycles. The largest absolute Gasteiger partial charge is 0.269 e. The molecule has 3 heterocycles. The van der Waals surface area contributed by atoms with Crippen molar-refractivity contribution in [3.63, 3.8) is 0 Å². The normalized spacial score (nSPS) is 17.3. The fourth-order valence-electron chi connectivity index (χ4n) is 4.75. The minimum Gasteiger partial charge on any atom is -0.269 e. The van der Waals surface area contributed by atoms with Crippen molar-refractivity contribution < 1.29 is 9.59 Å². The molecule has 2 amide bonds. The molecule has 0 bridgehead atoms. The van der Waals surface area contributed by atoms with Crippen LogP contribution in [0.5, 0.6) is 0 Å². The number of carbonyl (C=O) groups is 2. The van der Waals surface area contributed by atoms with Crippen LogP contribution in [0, 0.1) is 5.92 Å². The Morgan fingerprint density at radius 2 is 1.68 bits per heavy atom. The number of carbonyl (C=O) groups excluding carboxylic acids is 2. The van der Waals surface area contributed by atoms with E-state index in [9.17, 15) is 14.4 Å². The van der Waals surface area contributed by atoms with Crippen molar-refractivity contribution in [3.05, 3.63) is 86.5 Å². The number of benzene rings is 2. The highest BCUT2D eigenvalue weighted by atomic mass is 32.2. The number of rotatable bonds is 4. The number of thiophene rings is 1. The zero-order valence-electron chi connectivity index (χ0n) is 18.5. The van der Waals surface area contributed by atoms with Crippen LogP contribution < -0.4 is 5.56 Å². The summed E-state index contributed by atoms with van der Waals surface area (Å²) in [6, 6.07) is 16.3. The molecule has 6 nitrogen and oxygen atoms in total. The quantitative estimate of drug-likeness (QED) is 0.232. The molecule has 0 saturated carbocycles. The number of hydrogen-bond acceptors (Lipinski definition) is 6. The fourth-order valence-corrected chi connectivity index (χ4v) is 7.13. The van der Waals surface area contributed by atoms with Gasteiger partial charge in [-0.3, -0.25) is 23.9 Å². The summed E-state index contributed by atoms with van der Waals surface area (Å²) < 4.78 is 1.62. The maximum absolute atomic E-state index is 13.8. The van der Waals surface area contributed by atoms with E-state index in [-0.39, 0.29) is 23.3 Å². The number of para-hydroxylation sites is 1. The second-order valence-electron chi connectivity index (χ2n) is 8.76. The Kier molecular flexibility index (Phi) is 5.15. The van der Waals surface area contributed by atoms with Crippen LogP contribution in [0.25, 0.3) is 15.9 Å². The summed E-state index contributed by atoms with van der Waals surface area (Å²) in [4.78, 5) is 47.6. The number of nitrogens with zero attached hydrogens (tertiary/aromatic N) is 3. The van der Waals surface area contributed by atoms with Crippen molar-refractivity contribution in [1.29, 1.82) is 0 Å². The van der Waals surface area contributed by atoms with E-state index in [0.717, 1.165) is 35.3 Å². The molecule has 0 N–H and O–H groups in total. The molecule has 2 aromatic carbocycles. The predicted molar refractivity (Wildman–Crippen MR) is 134 cm³/mol. The number of hydrogen-bond donors (Lipinski definition) is 0. The molecule has 0 radical (unpaired) electrons. The van der Waals surface area contributed by atoms with Gasteiger partial charge in [0.15, 0.2) is 5.16 Å². The first-order chi connectivity index (χ1) is 16.5. The van der Waals surface area contributed by atoms with Crippen molar-refractivity contribution in [2.45, 2.75) is 31.3 Å². The molecular weight excluding hydrogens is 466 g/mol. The van der Waals surface area contributed by atoms with Gasteiger partial charge in [0.1, 0.15) is 4.83 Å². The van der Waals surface area contributed by atoms with Crippen molar-refractivity contribution >= 4 is 45.1 Å². The Labute approximate surface area is 204 Å². The number of fused-ring (bicyclic) bond motifs is 4. The highest BCUT2D eigenvalue weighted by molar-refractivity contribution is 7.99. The Balaban J connectivity index is 1.44. The van der Waals surface area contributed by atoms with Gasteiger partial charge in [0.25, 0.3) is 17.4 Å². The second-order valence-corrected chi connectivity index (χ2v) is 10.8. The van der Waals surface area contributed by atoms with Crippen LogP contribution in [0.2, 0.25) is 0 Å². The zero-order valence-corrected chi connectivity index (χ0v) is 20.1. The molecule has 170 valence electrons. The Morgan fingerprint density at radius 3 is 2.38 bits per heavy atom. The summed E-state index contributed by atoms with van der Waals surface area (Å²) in [5, 5.41) is 1.19. The zero-order chi connectivity index (χ0) is 23.4. The number of aryl methyl sites for hydroxylation is 1. The van der Waals surface area contributed by atoms with E-state index in [1.165, 1.54) is 21.5 Å². The molecule has 2 aliphatic rings. The van der Waals surface area contributed by atoms with Crippen LogP contribution >= 0.6 is 23.1 Å². The third kappa shape index (κ3) is 3.32. The van der Waals surface area contributed by atoms with E-state index in [1.54, 1.807) is 40.2 Å². The molecule has 4 aromatic rings. The van der Waals surface area contributed by atoms with E-state index in [0.29, 0.717) is 27.6 Å². The lowest BCUT2D eigenvalue weighted by atomic mass is 9.89. The second kappa shape index (κ2) is 8.21. The summed E-state index contributed by atoms with van der Waals surface area (Å²) in [6.07, 6.45) is 2.93. The van der Waals surface area contributed by atoms with E-state index in [4.69, 9.17) is 4.98 Å². The van der Waals surface area contributed by atoms with Crippen molar-refractivity contribution in [1.82, 2.24) is 14.5 Å². The molecule has 0 fully saturated rings. The van der Waals surface area contributed by atoms with E-state index >= 15 is 0 Å².